The van der Waals surface area contributed by atoms with Crippen molar-refractivity contribution in [3.05, 3.63) is 29.3 Å². The van der Waals surface area contributed by atoms with Crippen LogP contribution in [0, 0.1) is 6.92 Å². The lowest BCUT2D eigenvalue weighted by atomic mass is 10.1. The Kier molecular flexibility index (Phi) is 6.07. The van der Waals surface area contributed by atoms with Crippen LogP contribution in [0.1, 0.15) is 50.7 Å². The Morgan fingerprint density at radius 2 is 2.19 bits per heavy atom. The Morgan fingerprint density at radius 3 is 2.86 bits per heavy atom. The second-order valence-corrected chi connectivity index (χ2v) is 6.51. The number of hydrogen-bond acceptors (Lipinski definition) is 3. The molecule has 1 aliphatic rings. The molecule has 1 atom stereocenters. The molecule has 1 saturated heterocycles. The Balaban J connectivity index is 2.05. The van der Waals surface area contributed by atoms with Crippen molar-refractivity contribution in [2.75, 3.05) is 18.1 Å². The van der Waals surface area contributed by atoms with E-state index in [1.807, 2.05) is 0 Å². The fraction of sp³-hybridized carbons (Fsp3) is 0.667. The summed E-state index contributed by atoms with van der Waals surface area (Å²) in [6, 6.07) is 7.97. The number of nitrogens with one attached hydrogen (secondary N) is 1. The maximum atomic E-state index is 9.05. The first-order valence-corrected chi connectivity index (χ1v) is 8.32. The van der Waals surface area contributed by atoms with Crippen LogP contribution in [0.25, 0.3) is 0 Å². The van der Waals surface area contributed by atoms with Crippen molar-refractivity contribution >= 4 is 5.69 Å². The van der Waals surface area contributed by atoms with Crippen molar-refractivity contribution in [1.29, 1.82) is 0 Å². The zero-order valence-electron chi connectivity index (χ0n) is 13.7. The summed E-state index contributed by atoms with van der Waals surface area (Å²) in [6.45, 7) is 8.97. The zero-order valence-corrected chi connectivity index (χ0v) is 13.7. The fourth-order valence-corrected chi connectivity index (χ4v) is 3.25. The molecule has 0 bridgehead atoms. The Hall–Kier alpha value is -1.06. The van der Waals surface area contributed by atoms with Crippen LogP contribution in [0.5, 0.6) is 0 Å². The van der Waals surface area contributed by atoms with Crippen molar-refractivity contribution in [1.82, 2.24) is 5.32 Å². The maximum Gasteiger partial charge on any atom is 0.0431 e. The first-order chi connectivity index (χ1) is 10.1. The minimum Gasteiger partial charge on any atom is -0.396 e. The van der Waals surface area contributed by atoms with E-state index in [0.29, 0.717) is 18.7 Å². The maximum absolute atomic E-state index is 9.05. The van der Waals surface area contributed by atoms with E-state index in [0.717, 1.165) is 25.9 Å². The number of hydrogen-bond donors (Lipinski definition) is 2. The molecule has 1 fully saturated rings. The molecule has 2 N–H and O–H groups in total. The van der Waals surface area contributed by atoms with Gasteiger partial charge in [-0.1, -0.05) is 26.0 Å². The molecule has 3 nitrogen and oxygen atoms in total. The van der Waals surface area contributed by atoms with Crippen molar-refractivity contribution in [2.45, 2.75) is 65.1 Å². The van der Waals surface area contributed by atoms with Crippen LogP contribution in [0.15, 0.2) is 18.2 Å². The summed E-state index contributed by atoms with van der Waals surface area (Å²) < 4.78 is 0. The molecular weight excluding hydrogens is 260 g/mol. The summed E-state index contributed by atoms with van der Waals surface area (Å²) in [6.07, 6.45) is 4.55. The van der Waals surface area contributed by atoms with E-state index < -0.39 is 0 Å². The van der Waals surface area contributed by atoms with Gasteiger partial charge in [-0.15, -0.1) is 0 Å². The van der Waals surface area contributed by atoms with Crippen molar-refractivity contribution in [3.8, 4) is 0 Å². The number of aliphatic hydroxyl groups excluding tert-OH is 1. The van der Waals surface area contributed by atoms with Crippen molar-refractivity contribution in [2.24, 2.45) is 0 Å². The second kappa shape index (κ2) is 7.81. The lowest BCUT2D eigenvalue weighted by Crippen LogP contribution is -2.30. The van der Waals surface area contributed by atoms with Gasteiger partial charge in [0.1, 0.15) is 0 Å². The molecule has 2 rings (SSSR count). The van der Waals surface area contributed by atoms with Crippen molar-refractivity contribution < 1.29 is 5.11 Å². The molecule has 0 saturated carbocycles. The molecule has 21 heavy (non-hydrogen) atoms. The van der Waals surface area contributed by atoms with Crippen LogP contribution < -0.4 is 10.2 Å². The third kappa shape index (κ3) is 4.45. The van der Waals surface area contributed by atoms with Crippen LogP contribution in [0.2, 0.25) is 0 Å². The topological polar surface area (TPSA) is 35.5 Å². The highest BCUT2D eigenvalue weighted by Gasteiger charge is 2.25. The van der Waals surface area contributed by atoms with Gasteiger partial charge in [0, 0.05) is 37.5 Å². The van der Waals surface area contributed by atoms with Gasteiger partial charge in [0.25, 0.3) is 0 Å². The predicted octanol–water partition coefficient (Wildman–Crippen LogP) is 3.23. The quantitative estimate of drug-likeness (QED) is 0.809. The highest BCUT2D eigenvalue weighted by Crippen LogP contribution is 2.31. The van der Waals surface area contributed by atoms with Crippen LogP contribution in [-0.2, 0) is 6.54 Å². The molecule has 1 aromatic rings. The summed E-state index contributed by atoms with van der Waals surface area (Å²) in [5.41, 5.74) is 4.11. The number of aliphatic hydroxyl groups is 1. The number of benzene rings is 1. The van der Waals surface area contributed by atoms with Gasteiger partial charge in [0.05, 0.1) is 0 Å². The number of nitrogens with zero attached hydrogens (tertiary/aromatic N) is 1. The number of anilines is 1. The summed E-state index contributed by atoms with van der Waals surface area (Å²) in [5, 5.41) is 12.5. The van der Waals surface area contributed by atoms with E-state index in [4.69, 9.17) is 5.11 Å². The zero-order chi connectivity index (χ0) is 15.2. The van der Waals surface area contributed by atoms with Crippen LogP contribution in [0.4, 0.5) is 5.69 Å². The second-order valence-electron chi connectivity index (χ2n) is 6.51. The van der Waals surface area contributed by atoms with E-state index in [2.05, 4.69) is 49.2 Å². The van der Waals surface area contributed by atoms with E-state index in [1.54, 1.807) is 0 Å². The normalized spacial score (nSPS) is 18.7. The van der Waals surface area contributed by atoms with Gasteiger partial charge in [0.15, 0.2) is 0 Å². The predicted molar refractivity (Wildman–Crippen MR) is 89.8 cm³/mol. The molecule has 1 unspecified atom stereocenters. The van der Waals surface area contributed by atoms with Crippen LogP contribution >= 0.6 is 0 Å². The lowest BCUT2D eigenvalue weighted by molar-refractivity contribution is 0.279. The molecular formula is C18H30N2O. The minimum absolute atomic E-state index is 0.309. The SMILES string of the molecule is Cc1cc(CNC(C)C)ccc1N1CCCC1CCCO. The van der Waals surface area contributed by atoms with E-state index >= 15 is 0 Å². The molecule has 0 spiro atoms. The van der Waals surface area contributed by atoms with Gasteiger partial charge in [-0.25, -0.2) is 0 Å². The van der Waals surface area contributed by atoms with Crippen LogP contribution in [0.3, 0.4) is 0 Å². The highest BCUT2D eigenvalue weighted by atomic mass is 16.2. The molecule has 0 radical (unpaired) electrons. The standard InChI is InChI=1S/C18H30N2O/c1-14(2)19-13-16-8-9-18(15(3)12-16)20-10-4-6-17(20)7-5-11-21/h8-9,12,14,17,19,21H,4-7,10-11,13H2,1-3H3. The summed E-state index contributed by atoms with van der Waals surface area (Å²) in [4.78, 5) is 2.55. The molecule has 0 aromatic heterocycles. The minimum atomic E-state index is 0.309. The first kappa shape index (κ1) is 16.3. The van der Waals surface area contributed by atoms with Gasteiger partial charge >= 0.3 is 0 Å². The molecule has 118 valence electrons. The average molecular weight is 290 g/mol. The van der Waals surface area contributed by atoms with E-state index in [1.165, 1.54) is 29.7 Å². The van der Waals surface area contributed by atoms with Gasteiger partial charge in [-0.2, -0.15) is 0 Å². The highest BCUT2D eigenvalue weighted by molar-refractivity contribution is 5.56. The Morgan fingerprint density at radius 1 is 1.38 bits per heavy atom. The monoisotopic (exact) mass is 290 g/mol. The Bertz CT molecular complexity index is 445. The van der Waals surface area contributed by atoms with Crippen LogP contribution in [-0.4, -0.2) is 30.3 Å². The van der Waals surface area contributed by atoms with Gasteiger partial charge in [-0.05, 0) is 49.8 Å². The van der Waals surface area contributed by atoms with Crippen molar-refractivity contribution in [3.63, 3.8) is 0 Å². The molecule has 1 aliphatic heterocycles. The lowest BCUT2D eigenvalue weighted by Gasteiger charge is -2.28. The fourth-order valence-electron chi connectivity index (χ4n) is 3.25. The molecule has 0 amide bonds. The third-order valence-corrected chi connectivity index (χ3v) is 4.36. The summed E-state index contributed by atoms with van der Waals surface area (Å²) in [5.74, 6) is 0. The number of rotatable bonds is 7. The Labute approximate surface area is 129 Å². The molecule has 1 aromatic carbocycles. The van der Waals surface area contributed by atoms with Gasteiger partial charge in [0.2, 0.25) is 0 Å². The van der Waals surface area contributed by atoms with E-state index in [9.17, 15) is 0 Å². The van der Waals surface area contributed by atoms with Gasteiger partial charge in [-0.3, -0.25) is 0 Å². The molecule has 1 heterocycles. The summed E-state index contributed by atoms with van der Waals surface area (Å²) in [7, 11) is 0. The van der Waals surface area contributed by atoms with E-state index in [-0.39, 0.29) is 0 Å². The first-order valence-electron chi connectivity index (χ1n) is 8.32. The third-order valence-electron chi connectivity index (χ3n) is 4.36. The average Bonchev–Trinajstić information content (AvgIpc) is 2.91. The largest absolute Gasteiger partial charge is 0.396 e. The van der Waals surface area contributed by atoms with Gasteiger partial charge < -0.3 is 15.3 Å². The smallest absolute Gasteiger partial charge is 0.0431 e. The number of aryl methyl sites for hydroxylation is 1. The molecule has 0 aliphatic carbocycles. The summed E-state index contributed by atoms with van der Waals surface area (Å²) >= 11 is 0. The molecule has 3 heteroatoms.